The summed E-state index contributed by atoms with van der Waals surface area (Å²) in [5.41, 5.74) is 7.01. The summed E-state index contributed by atoms with van der Waals surface area (Å²) in [4.78, 5) is 14.4. The minimum Gasteiger partial charge on any atom is -0.497 e. The Morgan fingerprint density at radius 2 is 1.88 bits per heavy atom. The summed E-state index contributed by atoms with van der Waals surface area (Å²) in [5.74, 6) is 0.634. The first-order chi connectivity index (χ1) is 10.8. The molecule has 0 aliphatic carbocycles. The van der Waals surface area contributed by atoms with Crippen molar-refractivity contribution in [3.63, 3.8) is 0 Å². The fourth-order valence-electron chi connectivity index (χ4n) is 2.43. The van der Waals surface area contributed by atoms with Gasteiger partial charge in [0.15, 0.2) is 0 Å². The Balaban J connectivity index is 0.00000288. The molecule has 0 aromatic heterocycles. The Hall–Kier alpha value is -1.56. The average molecular weight is 414 g/mol. The van der Waals surface area contributed by atoms with E-state index in [9.17, 15) is 4.79 Å². The van der Waals surface area contributed by atoms with Gasteiger partial charge < -0.3 is 15.4 Å². The maximum absolute atomic E-state index is 12.8. The first-order valence-corrected chi connectivity index (χ1v) is 8.07. The van der Waals surface area contributed by atoms with Crippen molar-refractivity contribution in [2.75, 3.05) is 14.2 Å². The first-order valence-electron chi connectivity index (χ1n) is 7.28. The SMILES string of the molecule is COc1cccc(CN(C)C(=O)C(C)(N)c2ccc(Br)cc2)c1.Cl. The highest BCUT2D eigenvalue weighted by Crippen LogP contribution is 2.23. The number of hydrogen-bond donors (Lipinski definition) is 1. The van der Waals surface area contributed by atoms with Crippen LogP contribution < -0.4 is 10.5 Å². The van der Waals surface area contributed by atoms with E-state index in [1.807, 2.05) is 48.5 Å². The summed E-state index contributed by atoms with van der Waals surface area (Å²) in [7, 11) is 3.38. The fraction of sp³-hybridized carbons (Fsp3) is 0.278. The summed E-state index contributed by atoms with van der Waals surface area (Å²) in [6.45, 7) is 2.21. The van der Waals surface area contributed by atoms with Crippen LogP contribution in [0.3, 0.4) is 0 Å². The van der Waals surface area contributed by atoms with Crippen LogP contribution in [0, 0.1) is 0 Å². The van der Waals surface area contributed by atoms with E-state index in [0.29, 0.717) is 6.54 Å². The van der Waals surface area contributed by atoms with E-state index < -0.39 is 5.54 Å². The topological polar surface area (TPSA) is 55.6 Å². The van der Waals surface area contributed by atoms with Crippen LogP contribution in [0.5, 0.6) is 5.75 Å². The third-order valence-corrected chi connectivity index (χ3v) is 4.32. The molecule has 2 aromatic carbocycles. The van der Waals surface area contributed by atoms with Crippen molar-refractivity contribution in [2.45, 2.75) is 19.0 Å². The molecule has 2 aromatic rings. The van der Waals surface area contributed by atoms with E-state index in [1.165, 1.54) is 0 Å². The molecule has 1 unspecified atom stereocenters. The van der Waals surface area contributed by atoms with Gasteiger partial charge in [-0.1, -0.05) is 40.2 Å². The highest BCUT2D eigenvalue weighted by molar-refractivity contribution is 9.10. The highest BCUT2D eigenvalue weighted by Gasteiger charge is 2.33. The number of nitrogens with two attached hydrogens (primary N) is 1. The van der Waals surface area contributed by atoms with Crippen LogP contribution in [0.15, 0.2) is 53.0 Å². The van der Waals surface area contributed by atoms with Crippen molar-refractivity contribution >= 4 is 34.2 Å². The Labute approximate surface area is 157 Å². The van der Waals surface area contributed by atoms with E-state index in [4.69, 9.17) is 10.5 Å². The van der Waals surface area contributed by atoms with Crippen molar-refractivity contribution in [3.05, 3.63) is 64.1 Å². The van der Waals surface area contributed by atoms with E-state index in [2.05, 4.69) is 15.9 Å². The Morgan fingerprint density at radius 1 is 1.25 bits per heavy atom. The number of carbonyl (C=O) groups is 1. The van der Waals surface area contributed by atoms with Crippen molar-refractivity contribution in [3.8, 4) is 5.75 Å². The smallest absolute Gasteiger partial charge is 0.247 e. The third-order valence-electron chi connectivity index (χ3n) is 3.79. The zero-order chi connectivity index (χ0) is 17.0. The van der Waals surface area contributed by atoms with Gasteiger partial charge in [-0.2, -0.15) is 0 Å². The van der Waals surface area contributed by atoms with Crippen LogP contribution in [-0.2, 0) is 16.9 Å². The number of carbonyl (C=O) groups excluding carboxylic acids is 1. The van der Waals surface area contributed by atoms with E-state index in [-0.39, 0.29) is 18.3 Å². The van der Waals surface area contributed by atoms with Gasteiger partial charge in [-0.15, -0.1) is 12.4 Å². The van der Waals surface area contributed by atoms with Crippen LogP contribution in [0.25, 0.3) is 0 Å². The van der Waals surface area contributed by atoms with Crippen LogP contribution in [-0.4, -0.2) is 25.0 Å². The van der Waals surface area contributed by atoms with Gasteiger partial charge >= 0.3 is 0 Å². The van der Waals surface area contributed by atoms with Gasteiger partial charge in [0.2, 0.25) is 5.91 Å². The average Bonchev–Trinajstić information content (AvgIpc) is 2.54. The second kappa shape index (κ2) is 8.51. The van der Waals surface area contributed by atoms with Crippen molar-refractivity contribution in [1.82, 2.24) is 4.90 Å². The van der Waals surface area contributed by atoms with Crippen molar-refractivity contribution < 1.29 is 9.53 Å². The maximum Gasteiger partial charge on any atom is 0.247 e. The predicted molar refractivity (Wildman–Crippen MR) is 102 cm³/mol. The molecule has 0 aliphatic rings. The summed E-state index contributed by atoms with van der Waals surface area (Å²) in [6.07, 6.45) is 0. The monoisotopic (exact) mass is 412 g/mol. The predicted octanol–water partition coefficient (Wildman–Crippen LogP) is 3.71. The number of benzene rings is 2. The fourth-order valence-corrected chi connectivity index (χ4v) is 2.70. The first kappa shape index (κ1) is 20.5. The molecule has 0 saturated heterocycles. The molecule has 0 heterocycles. The van der Waals surface area contributed by atoms with Gasteiger partial charge in [0.25, 0.3) is 0 Å². The quantitative estimate of drug-likeness (QED) is 0.813. The molecular weight excluding hydrogens is 392 g/mol. The van der Waals surface area contributed by atoms with Gasteiger partial charge in [0.05, 0.1) is 7.11 Å². The number of nitrogens with zero attached hydrogens (tertiary/aromatic N) is 1. The zero-order valence-corrected chi connectivity index (χ0v) is 16.4. The van der Waals surface area contributed by atoms with Crippen LogP contribution >= 0.6 is 28.3 Å². The molecule has 4 nitrogen and oxygen atoms in total. The molecule has 0 spiro atoms. The molecule has 2 rings (SSSR count). The molecular formula is C18H22BrClN2O2. The molecule has 24 heavy (non-hydrogen) atoms. The Bertz CT molecular complexity index is 690. The summed E-state index contributed by atoms with van der Waals surface area (Å²) in [5, 5.41) is 0. The maximum atomic E-state index is 12.8. The second-order valence-corrected chi connectivity index (χ2v) is 6.64. The Morgan fingerprint density at radius 3 is 2.46 bits per heavy atom. The summed E-state index contributed by atoms with van der Waals surface area (Å²) >= 11 is 3.39. The molecule has 6 heteroatoms. The van der Waals surface area contributed by atoms with E-state index in [0.717, 1.165) is 21.3 Å². The molecule has 0 aliphatic heterocycles. The highest BCUT2D eigenvalue weighted by atomic mass is 79.9. The lowest BCUT2D eigenvalue weighted by Gasteiger charge is -2.30. The van der Waals surface area contributed by atoms with Crippen LogP contribution in [0.2, 0.25) is 0 Å². The minimum absolute atomic E-state index is 0. The number of hydrogen-bond acceptors (Lipinski definition) is 3. The third kappa shape index (κ3) is 4.72. The molecule has 130 valence electrons. The molecule has 1 atom stereocenters. The lowest BCUT2D eigenvalue weighted by molar-refractivity contribution is -0.136. The van der Waals surface area contributed by atoms with Gasteiger partial charge in [0, 0.05) is 18.1 Å². The minimum atomic E-state index is -1.08. The number of halogens is 2. The number of methoxy groups -OCH3 is 1. The van der Waals surface area contributed by atoms with Gasteiger partial charge in [-0.3, -0.25) is 4.79 Å². The lowest BCUT2D eigenvalue weighted by Crippen LogP contribution is -2.49. The second-order valence-electron chi connectivity index (χ2n) is 5.72. The largest absolute Gasteiger partial charge is 0.497 e. The molecule has 2 N–H and O–H groups in total. The summed E-state index contributed by atoms with van der Waals surface area (Å²) < 4.78 is 6.17. The normalized spacial score (nSPS) is 12.7. The number of likely N-dealkylation sites (N-methyl/N-ethyl adjacent to an activating group) is 1. The lowest BCUT2D eigenvalue weighted by atomic mass is 9.91. The Kier molecular flexibility index (Phi) is 7.27. The zero-order valence-electron chi connectivity index (χ0n) is 14.0. The van der Waals surface area contributed by atoms with Crippen LogP contribution in [0.4, 0.5) is 0 Å². The van der Waals surface area contributed by atoms with Crippen molar-refractivity contribution in [1.29, 1.82) is 0 Å². The molecule has 0 fully saturated rings. The molecule has 0 radical (unpaired) electrons. The van der Waals surface area contributed by atoms with E-state index >= 15 is 0 Å². The van der Waals surface area contributed by atoms with Gasteiger partial charge in [0.1, 0.15) is 11.3 Å². The van der Waals surface area contributed by atoms with Crippen molar-refractivity contribution in [2.24, 2.45) is 5.73 Å². The van der Waals surface area contributed by atoms with Gasteiger partial charge in [-0.25, -0.2) is 0 Å². The number of rotatable bonds is 5. The summed E-state index contributed by atoms with van der Waals surface area (Å²) in [6, 6.07) is 15.1. The van der Waals surface area contributed by atoms with Gasteiger partial charge in [-0.05, 0) is 42.3 Å². The molecule has 0 saturated carbocycles. The number of ether oxygens (including phenoxy) is 1. The van der Waals surface area contributed by atoms with Crippen LogP contribution in [0.1, 0.15) is 18.1 Å². The molecule has 1 amide bonds. The van der Waals surface area contributed by atoms with E-state index in [1.54, 1.807) is 26.0 Å². The number of amides is 1. The molecule has 0 bridgehead atoms. The standard InChI is InChI=1S/C18H21BrN2O2.ClH/c1-18(20,14-7-9-15(19)10-8-14)17(22)21(2)12-13-5-4-6-16(11-13)23-3;/h4-11H,12,20H2,1-3H3;1H.